The number of thiophene rings is 1. The molecule has 1 aliphatic carbocycles. The molecule has 0 saturated heterocycles. The lowest BCUT2D eigenvalue weighted by Crippen LogP contribution is -2.38. The van der Waals surface area contributed by atoms with Crippen LogP contribution in [-0.2, 0) is 19.4 Å². The number of aryl methyl sites for hydroxylation is 1. The van der Waals surface area contributed by atoms with E-state index in [1.54, 1.807) is 0 Å². The van der Waals surface area contributed by atoms with E-state index in [9.17, 15) is 4.79 Å². The predicted molar refractivity (Wildman–Crippen MR) is 146 cm³/mol. The van der Waals surface area contributed by atoms with Crippen molar-refractivity contribution in [2.75, 3.05) is 18.5 Å². The van der Waals surface area contributed by atoms with E-state index in [0.717, 1.165) is 24.1 Å². The van der Waals surface area contributed by atoms with E-state index in [0.29, 0.717) is 42.0 Å². The smallest absolute Gasteiger partial charge is 0.322 e. The highest BCUT2D eigenvalue weighted by Gasteiger charge is 2.36. The summed E-state index contributed by atoms with van der Waals surface area (Å²) in [6.45, 7) is 1.55. The van der Waals surface area contributed by atoms with Crippen LogP contribution in [0.5, 0.6) is 11.5 Å². The second-order valence-corrected chi connectivity index (χ2v) is 11.2. The number of urea groups is 1. The minimum Gasteiger partial charge on any atom is -0.486 e. The van der Waals surface area contributed by atoms with Crippen LogP contribution in [0.25, 0.3) is 5.00 Å². The molecule has 4 aromatic rings. The Morgan fingerprint density at radius 2 is 1.84 bits per heavy atom. The highest BCUT2D eigenvalue weighted by molar-refractivity contribution is 7.15. The van der Waals surface area contributed by atoms with Crippen molar-refractivity contribution < 1.29 is 14.3 Å². The van der Waals surface area contributed by atoms with Crippen LogP contribution in [0.4, 0.5) is 10.5 Å². The number of amides is 2. The lowest BCUT2D eigenvalue weighted by Gasteiger charge is -2.31. The monoisotopic (exact) mass is 531 g/mol. The van der Waals surface area contributed by atoms with Gasteiger partial charge in [-0.25, -0.2) is 4.79 Å². The number of hydrogen-bond acceptors (Lipinski definition) is 4. The summed E-state index contributed by atoms with van der Waals surface area (Å²) >= 11 is 8.32. The minimum absolute atomic E-state index is 0.169. The number of nitrogens with zero attached hydrogens (tertiary/aromatic N) is 2. The molecule has 2 aromatic carbocycles. The Balaban J connectivity index is 1.33. The van der Waals surface area contributed by atoms with Crippen molar-refractivity contribution in [1.29, 1.82) is 0 Å². The molecule has 37 heavy (non-hydrogen) atoms. The number of halogens is 1. The lowest BCUT2D eigenvalue weighted by molar-refractivity contribution is 0.171. The van der Waals surface area contributed by atoms with Gasteiger partial charge in [-0.05, 0) is 73.2 Å². The third-order valence-corrected chi connectivity index (χ3v) is 8.97. The highest BCUT2D eigenvalue weighted by atomic mass is 35.5. The van der Waals surface area contributed by atoms with Gasteiger partial charge in [0.2, 0.25) is 0 Å². The summed E-state index contributed by atoms with van der Waals surface area (Å²) in [5, 5.41) is 5.02. The van der Waals surface area contributed by atoms with Crippen molar-refractivity contribution >= 4 is 34.7 Å². The number of aromatic nitrogens is 1. The Bertz CT molecular complexity index is 1510. The Kier molecular flexibility index (Phi) is 5.63. The molecule has 2 aliphatic heterocycles. The molecule has 0 bridgehead atoms. The fourth-order valence-electron chi connectivity index (χ4n) is 5.73. The number of anilines is 1. The molecular weight excluding hydrogens is 506 g/mol. The summed E-state index contributed by atoms with van der Waals surface area (Å²) in [5.41, 5.74) is 5.39. The van der Waals surface area contributed by atoms with E-state index < -0.39 is 0 Å². The molecule has 4 heterocycles. The maximum absolute atomic E-state index is 14.1. The Morgan fingerprint density at radius 1 is 0.973 bits per heavy atom. The fraction of sp³-hybridized carbons (Fsp3) is 0.276. The fourth-order valence-corrected chi connectivity index (χ4v) is 7.33. The average Bonchev–Trinajstić information content (AvgIpc) is 3.50. The Labute approximate surface area is 224 Å². The van der Waals surface area contributed by atoms with Gasteiger partial charge in [-0.1, -0.05) is 23.7 Å². The summed E-state index contributed by atoms with van der Waals surface area (Å²) in [7, 11) is 0. The number of ether oxygens (including phenoxy) is 2. The molecule has 1 atom stereocenters. The first-order valence-corrected chi connectivity index (χ1v) is 13.9. The van der Waals surface area contributed by atoms with E-state index in [2.05, 4.69) is 28.2 Å². The number of carbonyl (C=O) groups excluding carboxylic acids is 1. The van der Waals surface area contributed by atoms with E-state index in [1.165, 1.54) is 33.8 Å². The standard InChI is InChI=1S/C29H26ClN3O3S/c30-19-6-3-5-18(15-19)27-23-8-4-12-32(23)28-22(21-7-1-2-9-26(21)37-28)17-33(27)29(34)31-20-10-11-24-25(16-20)36-14-13-35-24/h3-6,8,10-12,15-16,27H,1-2,7,9,13-14,17H2,(H,31,34). The van der Waals surface area contributed by atoms with E-state index in [-0.39, 0.29) is 12.1 Å². The second-order valence-electron chi connectivity index (χ2n) is 9.67. The number of rotatable bonds is 2. The average molecular weight is 532 g/mol. The lowest BCUT2D eigenvalue weighted by atomic mass is 9.95. The van der Waals surface area contributed by atoms with E-state index in [4.69, 9.17) is 21.1 Å². The third kappa shape index (κ3) is 3.97. The van der Waals surface area contributed by atoms with Crippen molar-refractivity contribution in [2.24, 2.45) is 0 Å². The molecular formula is C29H26ClN3O3S. The van der Waals surface area contributed by atoms with Gasteiger partial charge in [0.05, 0.1) is 18.3 Å². The summed E-state index contributed by atoms with van der Waals surface area (Å²) in [5.74, 6) is 1.34. The molecule has 0 spiro atoms. The minimum atomic E-state index is -0.301. The van der Waals surface area contributed by atoms with Crippen LogP contribution < -0.4 is 14.8 Å². The maximum Gasteiger partial charge on any atom is 0.322 e. The zero-order valence-electron chi connectivity index (χ0n) is 20.2. The van der Waals surface area contributed by atoms with E-state index >= 15 is 0 Å². The third-order valence-electron chi connectivity index (χ3n) is 7.40. The molecule has 6 nitrogen and oxygen atoms in total. The molecule has 3 aliphatic rings. The van der Waals surface area contributed by atoms with Crippen molar-refractivity contribution in [3.05, 3.63) is 93.1 Å². The van der Waals surface area contributed by atoms with Gasteiger partial charge in [0.1, 0.15) is 18.2 Å². The molecule has 2 aromatic heterocycles. The first kappa shape index (κ1) is 22.8. The van der Waals surface area contributed by atoms with Crippen LogP contribution in [0.2, 0.25) is 5.02 Å². The number of carbonyl (C=O) groups is 1. The first-order valence-electron chi connectivity index (χ1n) is 12.7. The predicted octanol–water partition coefficient (Wildman–Crippen LogP) is 6.98. The quantitative estimate of drug-likeness (QED) is 0.303. The maximum atomic E-state index is 14.1. The van der Waals surface area contributed by atoms with Crippen LogP contribution >= 0.6 is 22.9 Å². The number of nitrogens with one attached hydrogen (secondary N) is 1. The van der Waals surface area contributed by atoms with Gasteiger partial charge in [0.25, 0.3) is 0 Å². The molecule has 2 amide bonds. The van der Waals surface area contributed by atoms with Gasteiger partial charge in [0, 0.05) is 33.4 Å². The zero-order chi connectivity index (χ0) is 24.9. The molecule has 0 saturated carbocycles. The first-order chi connectivity index (χ1) is 18.2. The van der Waals surface area contributed by atoms with Gasteiger partial charge < -0.3 is 24.3 Å². The highest BCUT2D eigenvalue weighted by Crippen LogP contribution is 2.44. The summed E-state index contributed by atoms with van der Waals surface area (Å²) in [4.78, 5) is 17.5. The Hall–Kier alpha value is -3.42. The molecule has 1 N–H and O–H groups in total. The van der Waals surface area contributed by atoms with Crippen molar-refractivity contribution in [1.82, 2.24) is 9.47 Å². The topological polar surface area (TPSA) is 55.7 Å². The molecule has 0 fully saturated rings. The normalized spacial score (nSPS) is 17.9. The molecule has 1 unspecified atom stereocenters. The van der Waals surface area contributed by atoms with Crippen molar-refractivity contribution in [3.63, 3.8) is 0 Å². The SMILES string of the molecule is O=C(Nc1ccc2c(c1)OCCO2)N1Cc2c(sc3c2CCCC3)-n2cccc2C1c1cccc(Cl)c1. The molecule has 188 valence electrons. The van der Waals surface area contributed by atoms with Gasteiger partial charge in [-0.15, -0.1) is 11.3 Å². The van der Waals surface area contributed by atoms with Gasteiger partial charge in [-0.2, -0.15) is 0 Å². The van der Waals surface area contributed by atoms with Gasteiger partial charge in [0.15, 0.2) is 11.5 Å². The summed E-state index contributed by atoms with van der Waals surface area (Å²) in [6.07, 6.45) is 6.72. The molecule has 7 rings (SSSR count). The van der Waals surface area contributed by atoms with Crippen LogP contribution in [-0.4, -0.2) is 28.7 Å². The number of hydrogen-bond donors (Lipinski definition) is 1. The van der Waals surface area contributed by atoms with Crippen LogP contribution in [0.1, 0.15) is 46.1 Å². The zero-order valence-corrected chi connectivity index (χ0v) is 21.8. The summed E-state index contributed by atoms with van der Waals surface area (Å²) in [6, 6.07) is 17.1. The van der Waals surface area contributed by atoms with Crippen LogP contribution in [0, 0.1) is 0 Å². The molecule has 8 heteroatoms. The number of benzene rings is 2. The largest absolute Gasteiger partial charge is 0.486 e. The van der Waals surface area contributed by atoms with Crippen molar-refractivity contribution in [3.8, 4) is 16.5 Å². The second kappa shape index (κ2) is 9.15. The van der Waals surface area contributed by atoms with E-state index in [1.807, 2.05) is 58.7 Å². The van der Waals surface area contributed by atoms with Gasteiger partial charge in [-0.3, -0.25) is 0 Å². The van der Waals surface area contributed by atoms with Crippen molar-refractivity contribution in [2.45, 2.75) is 38.3 Å². The molecule has 0 radical (unpaired) electrons. The van der Waals surface area contributed by atoms with Gasteiger partial charge >= 0.3 is 6.03 Å². The number of fused-ring (bicyclic) bond motifs is 6. The van der Waals surface area contributed by atoms with Crippen LogP contribution in [0.3, 0.4) is 0 Å². The Morgan fingerprint density at radius 3 is 2.73 bits per heavy atom. The summed E-state index contributed by atoms with van der Waals surface area (Å²) < 4.78 is 13.7. The van der Waals surface area contributed by atoms with Crippen LogP contribution in [0.15, 0.2) is 60.8 Å².